The minimum Gasteiger partial charge on any atom is -0.497 e. The van der Waals surface area contributed by atoms with Crippen molar-refractivity contribution in [3.05, 3.63) is 57.2 Å². The Balaban J connectivity index is 2.04. The first-order valence-electron chi connectivity index (χ1n) is 6.07. The van der Waals surface area contributed by atoms with Crippen molar-refractivity contribution in [2.24, 2.45) is 0 Å². The fourth-order valence-electron chi connectivity index (χ4n) is 1.76. The molecular formula is C15H12F2INO2. The highest BCUT2D eigenvalue weighted by Gasteiger charge is 2.10. The van der Waals surface area contributed by atoms with E-state index in [9.17, 15) is 13.6 Å². The number of benzene rings is 2. The van der Waals surface area contributed by atoms with Gasteiger partial charge in [0.1, 0.15) is 17.4 Å². The lowest BCUT2D eigenvalue weighted by Crippen LogP contribution is -2.15. The molecule has 21 heavy (non-hydrogen) atoms. The molecule has 0 saturated heterocycles. The van der Waals surface area contributed by atoms with Crippen molar-refractivity contribution >= 4 is 34.2 Å². The van der Waals surface area contributed by atoms with Gasteiger partial charge in [-0.05, 0) is 52.4 Å². The molecule has 0 radical (unpaired) electrons. The van der Waals surface area contributed by atoms with E-state index in [1.165, 1.54) is 0 Å². The average molecular weight is 403 g/mol. The lowest BCUT2D eigenvalue weighted by molar-refractivity contribution is -0.115. The van der Waals surface area contributed by atoms with Crippen LogP contribution in [0.5, 0.6) is 5.75 Å². The van der Waals surface area contributed by atoms with Crippen molar-refractivity contribution in [1.29, 1.82) is 0 Å². The monoisotopic (exact) mass is 403 g/mol. The fourth-order valence-corrected chi connectivity index (χ4v) is 2.07. The number of amides is 1. The van der Waals surface area contributed by atoms with Crippen LogP contribution in [-0.4, -0.2) is 13.0 Å². The number of hydrogen-bond donors (Lipinski definition) is 1. The topological polar surface area (TPSA) is 38.3 Å². The maximum Gasteiger partial charge on any atom is 0.228 e. The molecule has 2 aromatic carbocycles. The summed E-state index contributed by atoms with van der Waals surface area (Å²) < 4.78 is 31.7. The molecule has 0 atom stereocenters. The van der Waals surface area contributed by atoms with Crippen molar-refractivity contribution in [2.75, 3.05) is 12.4 Å². The molecule has 0 saturated carbocycles. The molecule has 0 unspecified atom stereocenters. The highest BCUT2D eigenvalue weighted by atomic mass is 127. The Kier molecular flexibility index (Phi) is 5.11. The molecule has 1 amide bonds. The van der Waals surface area contributed by atoms with Crippen LogP contribution in [0.3, 0.4) is 0 Å². The molecular weight excluding hydrogens is 391 g/mol. The van der Waals surface area contributed by atoms with Crippen molar-refractivity contribution in [3.8, 4) is 5.75 Å². The van der Waals surface area contributed by atoms with Crippen LogP contribution in [0.15, 0.2) is 36.4 Å². The first kappa shape index (κ1) is 15.7. The van der Waals surface area contributed by atoms with Crippen LogP contribution in [-0.2, 0) is 11.2 Å². The van der Waals surface area contributed by atoms with Crippen LogP contribution in [0, 0.1) is 15.2 Å². The van der Waals surface area contributed by atoms with Crippen molar-refractivity contribution in [3.63, 3.8) is 0 Å². The van der Waals surface area contributed by atoms with Gasteiger partial charge in [-0.25, -0.2) is 8.78 Å². The Labute approximate surface area is 134 Å². The van der Waals surface area contributed by atoms with E-state index in [4.69, 9.17) is 4.74 Å². The van der Waals surface area contributed by atoms with Crippen molar-refractivity contribution < 1.29 is 18.3 Å². The molecule has 0 heterocycles. The number of ether oxygens (including phenoxy) is 1. The lowest BCUT2D eigenvalue weighted by atomic mass is 10.1. The molecule has 0 aliphatic heterocycles. The average Bonchev–Trinajstić information content (AvgIpc) is 2.45. The van der Waals surface area contributed by atoms with Crippen LogP contribution in [0.25, 0.3) is 0 Å². The normalized spacial score (nSPS) is 10.3. The number of rotatable bonds is 4. The summed E-state index contributed by atoms with van der Waals surface area (Å²) in [6, 6.07) is 9.19. The maximum atomic E-state index is 13.4. The van der Waals surface area contributed by atoms with Gasteiger partial charge in [0, 0.05) is 5.69 Å². The second-order valence-corrected chi connectivity index (χ2v) is 5.41. The Hall–Kier alpha value is -1.70. The van der Waals surface area contributed by atoms with Gasteiger partial charge in [-0.2, -0.15) is 0 Å². The summed E-state index contributed by atoms with van der Waals surface area (Å²) in [5.41, 5.74) is 0.878. The largest absolute Gasteiger partial charge is 0.497 e. The predicted molar refractivity (Wildman–Crippen MR) is 84.4 cm³/mol. The van der Waals surface area contributed by atoms with Gasteiger partial charge in [-0.15, -0.1) is 0 Å². The van der Waals surface area contributed by atoms with Crippen LogP contribution in [0.1, 0.15) is 5.56 Å². The summed E-state index contributed by atoms with van der Waals surface area (Å²) in [6.45, 7) is 0. The lowest BCUT2D eigenvalue weighted by Gasteiger charge is -2.07. The van der Waals surface area contributed by atoms with Crippen LogP contribution in [0.4, 0.5) is 14.5 Å². The van der Waals surface area contributed by atoms with Gasteiger partial charge in [0.2, 0.25) is 5.91 Å². The van der Waals surface area contributed by atoms with Gasteiger partial charge in [0.15, 0.2) is 0 Å². The zero-order valence-electron chi connectivity index (χ0n) is 11.1. The molecule has 110 valence electrons. The number of carbonyl (C=O) groups excluding carboxylic acids is 1. The first-order chi connectivity index (χ1) is 9.99. The highest BCUT2D eigenvalue weighted by molar-refractivity contribution is 14.1. The summed E-state index contributed by atoms with van der Waals surface area (Å²) in [6.07, 6.45) is 0.110. The van der Waals surface area contributed by atoms with E-state index in [1.54, 1.807) is 54.0 Å². The highest BCUT2D eigenvalue weighted by Crippen LogP contribution is 2.20. The van der Waals surface area contributed by atoms with Gasteiger partial charge in [-0.1, -0.05) is 12.1 Å². The minimum absolute atomic E-state index is 0.0965. The van der Waals surface area contributed by atoms with E-state index in [-0.39, 0.29) is 21.6 Å². The molecule has 2 rings (SSSR count). The Bertz CT molecular complexity index is 636. The van der Waals surface area contributed by atoms with E-state index in [1.807, 2.05) is 0 Å². The van der Waals surface area contributed by atoms with Gasteiger partial charge >= 0.3 is 0 Å². The van der Waals surface area contributed by atoms with E-state index in [0.29, 0.717) is 5.75 Å². The zero-order valence-corrected chi connectivity index (χ0v) is 13.3. The van der Waals surface area contributed by atoms with Gasteiger partial charge in [0.25, 0.3) is 0 Å². The van der Waals surface area contributed by atoms with Crippen molar-refractivity contribution in [2.45, 2.75) is 6.42 Å². The first-order valence-corrected chi connectivity index (χ1v) is 7.15. The second-order valence-electron chi connectivity index (χ2n) is 4.33. The molecule has 2 aromatic rings. The van der Waals surface area contributed by atoms with Gasteiger partial charge in [-0.3, -0.25) is 4.79 Å². The van der Waals surface area contributed by atoms with Crippen molar-refractivity contribution in [1.82, 2.24) is 0 Å². The van der Waals surface area contributed by atoms with Gasteiger partial charge < -0.3 is 10.1 Å². The molecule has 0 aliphatic rings. The molecule has 0 bridgehead atoms. The van der Waals surface area contributed by atoms with Crippen LogP contribution in [0.2, 0.25) is 0 Å². The third-order valence-corrected chi connectivity index (χ3v) is 3.82. The molecule has 1 N–H and O–H groups in total. The summed E-state index contributed by atoms with van der Waals surface area (Å²) in [5.74, 6) is -1.05. The zero-order chi connectivity index (χ0) is 15.4. The minimum atomic E-state index is -0.699. The summed E-state index contributed by atoms with van der Waals surface area (Å²) in [5, 5.41) is 2.47. The van der Waals surface area contributed by atoms with E-state index in [2.05, 4.69) is 5.32 Å². The summed E-state index contributed by atoms with van der Waals surface area (Å²) >= 11 is 1.57. The Morgan fingerprint density at radius 2 is 1.76 bits per heavy atom. The SMILES string of the molecule is COc1ccc(CC(=O)Nc2cc(F)c(I)c(F)c2)cc1. The number of methoxy groups -OCH3 is 1. The van der Waals surface area contributed by atoms with E-state index >= 15 is 0 Å². The summed E-state index contributed by atoms with van der Waals surface area (Å²) in [7, 11) is 1.56. The van der Waals surface area contributed by atoms with Crippen LogP contribution < -0.4 is 10.1 Å². The van der Waals surface area contributed by atoms with E-state index in [0.717, 1.165) is 17.7 Å². The molecule has 3 nitrogen and oxygen atoms in total. The number of halogens is 3. The smallest absolute Gasteiger partial charge is 0.228 e. The number of carbonyl (C=O) groups is 1. The second kappa shape index (κ2) is 6.84. The molecule has 0 fully saturated rings. The third-order valence-electron chi connectivity index (χ3n) is 2.79. The van der Waals surface area contributed by atoms with E-state index < -0.39 is 11.6 Å². The van der Waals surface area contributed by atoms with Crippen LogP contribution >= 0.6 is 22.6 Å². The maximum absolute atomic E-state index is 13.4. The number of hydrogen-bond acceptors (Lipinski definition) is 2. The summed E-state index contributed by atoms with van der Waals surface area (Å²) in [4.78, 5) is 11.9. The molecule has 0 aromatic heterocycles. The third kappa shape index (κ3) is 4.13. The quantitative estimate of drug-likeness (QED) is 0.624. The number of anilines is 1. The standard InChI is InChI=1S/C15H12F2INO2/c1-21-11-4-2-9(3-5-11)6-14(20)19-10-7-12(16)15(18)13(17)8-10/h2-5,7-8H,6H2,1H3,(H,19,20). The molecule has 0 spiro atoms. The predicted octanol–water partition coefficient (Wildman–Crippen LogP) is 3.76. The Morgan fingerprint density at radius 1 is 1.19 bits per heavy atom. The van der Waals surface area contributed by atoms with Gasteiger partial charge in [0.05, 0.1) is 17.1 Å². The molecule has 0 aliphatic carbocycles. The fraction of sp³-hybridized carbons (Fsp3) is 0.133. The number of nitrogens with one attached hydrogen (secondary N) is 1. The Morgan fingerprint density at radius 3 is 2.29 bits per heavy atom. The molecule has 6 heteroatoms.